The van der Waals surface area contributed by atoms with E-state index in [0.29, 0.717) is 11.5 Å². The standard InChI is InChI=1S/C24H28F2O/c1-3-17-4-6-18(7-5-17)8-9-19-10-12-20(13-11-19)21-14-23(25)22(16-27-2)24(26)15-21/h3,10-15,17-18H,1,4-9,16H2,2H3/t17-,18-. The van der Waals surface area contributed by atoms with Crippen LogP contribution in [-0.4, -0.2) is 7.11 Å². The van der Waals surface area contributed by atoms with E-state index in [1.165, 1.54) is 56.9 Å². The maximum atomic E-state index is 14.1. The van der Waals surface area contributed by atoms with Gasteiger partial charge in [0, 0.05) is 12.7 Å². The molecule has 1 fully saturated rings. The van der Waals surface area contributed by atoms with E-state index in [1.54, 1.807) is 0 Å². The minimum absolute atomic E-state index is 0.0240. The first kappa shape index (κ1) is 19.8. The van der Waals surface area contributed by atoms with Gasteiger partial charge in [-0.25, -0.2) is 8.78 Å². The van der Waals surface area contributed by atoms with Crippen LogP contribution in [0.15, 0.2) is 49.1 Å². The number of benzene rings is 2. The summed E-state index contributed by atoms with van der Waals surface area (Å²) in [4.78, 5) is 0. The Morgan fingerprint density at radius 1 is 1.00 bits per heavy atom. The fraction of sp³-hybridized carbons (Fsp3) is 0.417. The van der Waals surface area contributed by atoms with Crippen LogP contribution in [0.3, 0.4) is 0 Å². The molecule has 0 amide bonds. The molecule has 2 aromatic rings. The van der Waals surface area contributed by atoms with Gasteiger partial charge in [-0.05, 0) is 79.2 Å². The zero-order valence-corrected chi connectivity index (χ0v) is 16.0. The van der Waals surface area contributed by atoms with Crippen molar-refractivity contribution in [2.24, 2.45) is 11.8 Å². The Labute approximate surface area is 161 Å². The third-order valence-corrected chi connectivity index (χ3v) is 5.78. The molecule has 144 valence electrons. The molecule has 1 aliphatic carbocycles. The van der Waals surface area contributed by atoms with Gasteiger partial charge in [0.1, 0.15) is 11.6 Å². The summed E-state index contributed by atoms with van der Waals surface area (Å²) >= 11 is 0. The summed E-state index contributed by atoms with van der Waals surface area (Å²) in [5.74, 6) is 0.381. The maximum Gasteiger partial charge on any atom is 0.132 e. The molecule has 0 saturated heterocycles. The average molecular weight is 370 g/mol. The number of allylic oxidation sites excluding steroid dienone is 1. The molecule has 0 radical (unpaired) electrons. The molecule has 3 rings (SSSR count). The Hall–Kier alpha value is -2.00. The van der Waals surface area contributed by atoms with Crippen LogP contribution in [0.25, 0.3) is 11.1 Å². The normalized spacial score (nSPS) is 19.8. The lowest BCUT2D eigenvalue weighted by Gasteiger charge is -2.26. The highest BCUT2D eigenvalue weighted by Crippen LogP contribution is 2.32. The van der Waals surface area contributed by atoms with E-state index in [9.17, 15) is 8.78 Å². The number of hydrogen-bond donors (Lipinski definition) is 0. The fourth-order valence-electron chi connectivity index (χ4n) is 4.00. The number of methoxy groups -OCH3 is 1. The number of aryl methyl sites for hydroxylation is 1. The largest absolute Gasteiger partial charge is 0.380 e. The SMILES string of the molecule is C=C[C@H]1CC[C@H](CCc2ccc(-c3cc(F)c(COC)c(F)c3)cc2)CC1. The topological polar surface area (TPSA) is 9.23 Å². The molecule has 0 N–H and O–H groups in total. The van der Waals surface area contributed by atoms with Crippen molar-refractivity contribution in [3.63, 3.8) is 0 Å². The van der Waals surface area contributed by atoms with Crippen molar-refractivity contribution in [3.8, 4) is 11.1 Å². The van der Waals surface area contributed by atoms with E-state index >= 15 is 0 Å². The van der Waals surface area contributed by atoms with Gasteiger partial charge in [-0.3, -0.25) is 0 Å². The first-order valence-corrected chi connectivity index (χ1v) is 9.79. The van der Waals surface area contributed by atoms with Gasteiger partial charge in [-0.2, -0.15) is 0 Å². The molecule has 0 unspecified atom stereocenters. The van der Waals surface area contributed by atoms with Gasteiger partial charge in [-0.15, -0.1) is 6.58 Å². The third kappa shape index (κ3) is 5.04. The Morgan fingerprint density at radius 2 is 1.63 bits per heavy atom. The molecule has 0 spiro atoms. The van der Waals surface area contributed by atoms with E-state index in [2.05, 4.69) is 24.8 Å². The Balaban J connectivity index is 1.61. The molecule has 1 saturated carbocycles. The predicted molar refractivity (Wildman–Crippen MR) is 106 cm³/mol. The second kappa shape index (κ2) is 9.27. The molecule has 2 aromatic carbocycles. The molecule has 0 aromatic heterocycles. The Kier molecular flexibility index (Phi) is 6.78. The maximum absolute atomic E-state index is 14.1. The van der Waals surface area contributed by atoms with Gasteiger partial charge >= 0.3 is 0 Å². The summed E-state index contributed by atoms with van der Waals surface area (Å²) in [6.07, 6.45) is 9.48. The smallest absolute Gasteiger partial charge is 0.132 e. The molecular formula is C24H28F2O. The van der Waals surface area contributed by atoms with E-state index in [1.807, 2.05) is 12.1 Å². The van der Waals surface area contributed by atoms with Crippen LogP contribution >= 0.6 is 0 Å². The molecule has 3 heteroatoms. The minimum atomic E-state index is -0.564. The summed E-state index contributed by atoms with van der Waals surface area (Å²) in [7, 11) is 1.43. The Morgan fingerprint density at radius 3 is 2.19 bits per heavy atom. The van der Waals surface area contributed by atoms with Crippen LogP contribution in [0.1, 0.15) is 43.2 Å². The van der Waals surface area contributed by atoms with Crippen LogP contribution in [0.5, 0.6) is 0 Å². The highest BCUT2D eigenvalue weighted by Gasteiger charge is 2.19. The lowest BCUT2D eigenvalue weighted by atomic mass is 9.79. The first-order valence-electron chi connectivity index (χ1n) is 9.79. The molecule has 1 aliphatic rings. The quantitative estimate of drug-likeness (QED) is 0.493. The van der Waals surface area contributed by atoms with Crippen molar-refractivity contribution in [3.05, 3.63) is 71.8 Å². The lowest BCUT2D eigenvalue weighted by molar-refractivity contribution is 0.177. The lowest BCUT2D eigenvalue weighted by Crippen LogP contribution is -2.13. The number of rotatable bonds is 7. The molecule has 0 atom stereocenters. The minimum Gasteiger partial charge on any atom is -0.380 e. The summed E-state index contributed by atoms with van der Waals surface area (Å²) < 4.78 is 33.1. The van der Waals surface area contributed by atoms with Crippen LogP contribution in [-0.2, 0) is 17.8 Å². The average Bonchev–Trinajstić information content (AvgIpc) is 2.70. The van der Waals surface area contributed by atoms with E-state index in [0.717, 1.165) is 17.9 Å². The van der Waals surface area contributed by atoms with Crippen LogP contribution in [0, 0.1) is 23.5 Å². The van der Waals surface area contributed by atoms with Crippen molar-refractivity contribution in [1.29, 1.82) is 0 Å². The van der Waals surface area contributed by atoms with Crippen LogP contribution in [0.4, 0.5) is 8.78 Å². The third-order valence-electron chi connectivity index (χ3n) is 5.78. The number of ether oxygens (including phenoxy) is 1. The summed E-state index contributed by atoms with van der Waals surface area (Å²) in [5, 5.41) is 0. The highest BCUT2D eigenvalue weighted by atomic mass is 19.1. The van der Waals surface area contributed by atoms with Gasteiger partial charge < -0.3 is 4.74 Å². The monoisotopic (exact) mass is 370 g/mol. The zero-order valence-electron chi connectivity index (χ0n) is 16.0. The van der Waals surface area contributed by atoms with Crippen molar-refractivity contribution < 1.29 is 13.5 Å². The van der Waals surface area contributed by atoms with Gasteiger partial charge in [0.25, 0.3) is 0 Å². The molecule has 0 aliphatic heterocycles. The van der Waals surface area contributed by atoms with Gasteiger partial charge in [0.05, 0.1) is 6.61 Å². The van der Waals surface area contributed by atoms with E-state index in [4.69, 9.17) is 4.74 Å². The van der Waals surface area contributed by atoms with Crippen molar-refractivity contribution in [1.82, 2.24) is 0 Å². The first-order chi connectivity index (χ1) is 13.1. The van der Waals surface area contributed by atoms with E-state index in [-0.39, 0.29) is 12.2 Å². The molecule has 0 bridgehead atoms. The highest BCUT2D eigenvalue weighted by molar-refractivity contribution is 5.64. The zero-order chi connectivity index (χ0) is 19.2. The fourth-order valence-corrected chi connectivity index (χ4v) is 4.00. The van der Waals surface area contributed by atoms with Gasteiger partial charge in [-0.1, -0.05) is 30.3 Å². The molecule has 1 nitrogen and oxygen atoms in total. The van der Waals surface area contributed by atoms with Crippen LogP contribution in [0.2, 0.25) is 0 Å². The molecule has 27 heavy (non-hydrogen) atoms. The van der Waals surface area contributed by atoms with Gasteiger partial charge in [0.15, 0.2) is 0 Å². The predicted octanol–water partition coefficient (Wildman–Crippen LogP) is 6.70. The van der Waals surface area contributed by atoms with Crippen LogP contribution < -0.4 is 0 Å². The molecule has 0 heterocycles. The molecular weight excluding hydrogens is 342 g/mol. The summed E-state index contributed by atoms with van der Waals surface area (Å²) in [5.41, 5.74) is 2.64. The van der Waals surface area contributed by atoms with Crippen molar-refractivity contribution in [2.45, 2.75) is 45.1 Å². The second-order valence-electron chi connectivity index (χ2n) is 7.60. The van der Waals surface area contributed by atoms with Crippen molar-refractivity contribution in [2.75, 3.05) is 7.11 Å². The summed E-state index contributed by atoms with van der Waals surface area (Å²) in [6, 6.07) is 10.8. The van der Waals surface area contributed by atoms with E-state index < -0.39 is 11.6 Å². The second-order valence-corrected chi connectivity index (χ2v) is 7.60. The number of hydrogen-bond acceptors (Lipinski definition) is 1. The number of halogens is 2. The summed E-state index contributed by atoms with van der Waals surface area (Å²) in [6.45, 7) is 3.84. The van der Waals surface area contributed by atoms with Gasteiger partial charge in [0.2, 0.25) is 0 Å². The Bertz CT molecular complexity index is 735. The van der Waals surface area contributed by atoms with Crippen molar-refractivity contribution >= 4 is 0 Å².